The van der Waals surface area contributed by atoms with Gasteiger partial charge in [0.2, 0.25) is 5.89 Å². The first-order chi connectivity index (χ1) is 13.0. The van der Waals surface area contributed by atoms with E-state index in [1.807, 2.05) is 0 Å². The second-order valence-corrected chi connectivity index (χ2v) is 7.43. The van der Waals surface area contributed by atoms with E-state index in [1.165, 1.54) is 12.1 Å². The van der Waals surface area contributed by atoms with Gasteiger partial charge in [0.1, 0.15) is 11.6 Å². The fourth-order valence-electron chi connectivity index (χ4n) is 4.10. The number of carbonyl (C=O) groups excluding carboxylic acids is 2. The zero-order valence-electron chi connectivity index (χ0n) is 15.1. The Balaban J connectivity index is 1.40. The largest absolute Gasteiger partial charge is 0.452 e. The number of halogens is 1. The number of benzene rings is 1. The summed E-state index contributed by atoms with van der Waals surface area (Å²) in [7, 11) is 0. The van der Waals surface area contributed by atoms with Gasteiger partial charge in [-0.3, -0.25) is 9.59 Å². The molecule has 0 spiro atoms. The summed E-state index contributed by atoms with van der Waals surface area (Å²) in [4.78, 5) is 24.7. The van der Waals surface area contributed by atoms with Crippen LogP contribution in [0.15, 0.2) is 28.7 Å². The lowest BCUT2D eigenvalue weighted by molar-refractivity contribution is -0.159. The van der Waals surface area contributed by atoms with Crippen molar-refractivity contribution in [2.24, 2.45) is 17.8 Å². The molecule has 1 heterocycles. The van der Waals surface area contributed by atoms with Gasteiger partial charge < -0.3 is 9.15 Å². The molecule has 27 heavy (non-hydrogen) atoms. The molecule has 0 radical (unpaired) electrons. The average Bonchev–Trinajstić information content (AvgIpc) is 3.12. The number of ketones is 1. The molecule has 0 N–H and O–H groups in total. The predicted molar refractivity (Wildman–Crippen MR) is 92.8 cm³/mol. The number of carbonyl (C=O) groups is 2. The lowest BCUT2D eigenvalue weighted by atomic mass is 9.67. The predicted octanol–water partition coefficient (Wildman–Crippen LogP) is 3.88. The number of Topliss-reactive ketones (excluding diaryl/α,β-unsaturated/α-hetero) is 1. The summed E-state index contributed by atoms with van der Waals surface area (Å²) < 4.78 is 24.1. The van der Waals surface area contributed by atoms with Gasteiger partial charge >= 0.3 is 5.97 Å². The molecule has 0 saturated heterocycles. The molecule has 2 fully saturated rings. The zero-order chi connectivity index (χ0) is 19.0. The molecule has 6 nitrogen and oxygen atoms in total. The van der Waals surface area contributed by atoms with Gasteiger partial charge in [0.05, 0.1) is 5.92 Å². The first-order valence-corrected chi connectivity index (χ1v) is 9.35. The molecular weight excluding hydrogens is 351 g/mol. The van der Waals surface area contributed by atoms with Crippen molar-refractivity contribution in [2.75, 3.05) is 0 Å². The van der Waals surface area contributed by atoms with E-state index in [-0.39, 0.29) is 41.3 Å². The highest BCUT2D eigenvalue weighted by molar-refractivity contribution is 5.87. The topological polar surface area (TPSA) is 82.3 Å². The van der Waals surface area contributed by atoms with Gasteiger partial charge in [-0.15, -0.1) is 10.2 Å². The molecule has 142 valence electrons. The highest BCUT2D eigenvalue weighted by Crippen LogP contribution is 2.41. The molecule has 2 saturated carbocycles. The minimum absolute atomic E-state index is 0.00107. The van der Waals surface area contributed by atoms with Crippen molar-refractivity contribution in [1.82, 2.24) is 10.2 Å². The van der Waals surface area contributed by atoms with Crippen molar-refractivity contribution in [3.63, 3.8) is 0 Å². The molecule has 4 rings (SSSR count). The number of nitrogens with zero attached hydrogens (tertiary/aromatic N) is 2. The Morgan fingerprint density at radius 3 is 2.52 bits per heavy atom. The van der Waals surface area contributed by atoms with E-state index >= 15 is 0 Å². The first kappa shape index (κ1) is 17.8. The van der Waals surface area contributed by atoms with Crippen molar-refractivity contribution >= 4 is 11.8 Å². The van der Waals surface area contributed by atoms with Gasteiger partial charge in [0.25, 0.3) is 5.89 Å². The van der Waals surface area contributed by atoms with E-state index in [2.05, 4.69) is 10.2 Å². The second kappa shape index (κ2) is 7.21. The fourth-order valence-corrected chi connectivity index (χ4v) is 4.10. The molecule has 1 unspecified atom stereocenters. The number of ether oxygens (including phenoxy) is 1. The molecule has 1 aromatic heterocycles. The van der Waals surface area contributed by atoms with E-state index in [9.17, 15) is 14.0 Å². The van der Waals surface area contributed by atoms with Crippen molar-refractivity contribution in [3.8, 4) is 11.5 Å². The van der Waals surface area contributed by atoms with Crippen LogP contribution in [-0.4, -0.2) is 21.9 Å². The number of aromatic nitrogens is 2. The molecule has 1 aromatic carbocycles. The third-order valence-corrected chi connectivity index (χ3v) is 5.55. The highest BCUT2D eigenvalue weighted by atomic mass is 19.1. The third-order valence-electron chi connectivity index (χ3n) is 5.55. The monoisotopic (exact) mass is 372 g/mol. The van der Waals surface area contributed by atoms with Crippen molar-refractivity contribution < 1.29 is 23.1 Å². The first-order valence-electron chi connectivity index (χ1n) is 9.35. The van der Waals surface area contributed by atoms with E-state index in [1.54, 1.807) is 19.1 Å². The van der Waals surface area contributed by atoms with Crippen LogP contribution < -0.4 is 0 Å². The second-order valence-electron chi connectivity index (χ2n) is 7.43. The van der Waals surface area contributed by atoms with E-state index in [4.69, 9.17) is 9.15 Å². The van der Waals surface area contributed by atoms with Gasteiger partial charge in [-0.25, -0.2) is 4.39 Å². The minimum atomic E-state index is -0.684. The molecule has 0 amide bonds. The summed E-state index contributed by atoms with van der Waals surface area (Å²) in [6, 6.07) is 5.70. The van der Waals surface area contributed by atoms with Gasteiger partial charge in [-0.1, -0.05) is 6.42 Å². The molecule has 4 atom stereocenters. The summed E-state index contributed by atoms with van der Waals surface area (Å²) in [5.41, 5.74) is 0.590. The third kappa shape index (κ3) is 3.63. The minimum Gasteiger partial charge on any atom is -0.452 e. The Labute approximate surface area is 156 Å². The lowest BCUT2D eigenvalue weighted by Crippen LogP contribution is -2.39. The van der Waals surface area contributed by atoms with Gasteiger partial charge in [0, 0.05) is 17.4 Å². The van der Waals surface area contributed by atoms with Crippen LogP contribution in [0.3, 0.4) is 0 Å². The Morgan fingerprint density at radius 2 is 1.85 bits per heavy atom. The molecule has 0 aliphatic heterocycles. The summed E-state index contributed by atoms with van der Waals surface area (Å²) >= 11 is 0. The maximum atomic E-state index is 13.0. The SMILES string of the molecule is C[C@@H](OC(=O)C1C[C@H]2CCC[C@@H](C1)C2=O)c1nnc(-c2ccc(F)cc2)o1. The molecular formula is C20H21FN2O4. The highest BCUT2D eigenvalue weighted by Gasteiger charge is 2.42. The molecule has 2 aliphatic carbocycles. The number of hydrogen-bond acceptors (Lipinski definition) is 6. The van der Waals surface area contributed by atoms with Crippen molar-refractivity contribution in [3.05, 3.63) is 36.0 Å². The summed E-state index contributed by atoms with van der Waals surface area (Å²) in [6.45, 7) is 1.68. The van der Waals surface area contributed by atoms with Crippen LogP contribution in [-0.2, 0) is 14.3 Å². The maximum absolute atomic E-state index is 13.0. The molecule has 7 heteroatoms. The van der Waals surface area contributed by atoms with Crippen LogP contribution in [0.4, 0.5) is 4.39 Å². The number of rotatable bonds is 4. The van der Waals surface area contributed by atoms with Gasteiger partial charge in [-0.2, -0.15) is 0 Å². The number of hydrogen-bond donors (Lipinski definition) is 0. The number of esters is 1. The molecule has 2 bridgehead atoms. The molecule has 2 aromatic rings. The van der Waals surface area contributed by atoms with Gasteiger partial charge in [-0.05, 0) is 56.9 Å². The fraction of sp³-hybridized carbons (Fsp3) is 0.500. The molecule has 2 aliphatic rings. The van der Waals surface area contributed by atoms with Crippen LogP contribution in [0.25, 0.3) is 11.5 Å². The Morgan fingerprint density at radius 1 is 1.19 bits per heavy atom. The quantitative estimate of drug-likeness (QED) is 0.758. The normalized spacial score (nSPS) is 25.9. The van der Waals surface area contributed by atoms with Crippen molar-refractivity contribution in [1.29, 1.82) is 0 Å². The Bertz CT molecular complexity index is 832. The summed E-state index contributed by atoms with van der Waals surface area (Å²) in [5.74, 6) is -0.165. The van der Waals surface area contributed by atoms with Crippen LogP contribution in [0.2, 0.25) is 0 Å². The zero-order valence-corrected chi connectivity index (χ0v) is 15.1. The van der Waals surface area contributed by atoms with E-state index in [0.717, 1.165) is 19.3 Å². The van der Waals surface area contributed by atoms with Gasteiger partial charge in [0.15, 0.2) is 6.10 Å². The average molecular weight is 372 g/mol. The Hall–Kier alpha value is -2.57. The van der Waals surface area contributed by atoms with Crippen LogP contribution >= 0.6 is 0 Å². The lowest BCUT2D eigenvalue weighted by Gasteiger charge is -2.36. The van der Waals surface area contributed by atoms with Crippen LogP contribution in [0.5, 0.6) is 0 Å². The maximum Gasteiger partial charge on any atom is 0.309 e. The summed E-state index contributed by atoms with van der Waals surface area (Å²) in [6.07, 6.45) is 3.28. The van der Waals surface area contributed by atoms with Crippen LogP contribution in [0, 0.1) is 23.6 Å². The van der Waals surface area contributed by atoms with Crippen molar-refractivity contribution in [2.45, 2.75) is 45.1 Å². The van der Waals surface area contributed by atoms with Crippen LogP contribution in [0.1, 0.15) is 51.0 Å². The van der Waals surface area contributed by atoms with E-state index in [0.29, 0.717) is 24.2 Å². The number of fused-ring (bicyclic) bond motifs is 2. The van der Waals surface area contributed by atoms with E-state index < -0.39 is 6.10 Å². The Kier molecular flexibility index (Phi) is 4.76. The summed E-state index contributed by atoms with van der Waals surface area (Å²) in [5, 5.41) is 7.88. The smallest absolute Gasteiger partial charge is 0.309 e. The standard InChI is InChI=1S/C20H21FN2O4/c1-11(18-22-23-19(27-18)12-5-7-16(21)8-6-12)26-20(25)15-9-13-3-2-4-14(10-15)17(13)24/h5-8,11,13-15H,2-4,9-10H2,1H3/t11-,13-,14+,15?/m1/s1.